The summed E-state index contributed by atoms with van der Waals surface area (Å²) in [7, 11) is 1.86. The topological polar surface area (TPSA) is 97.4 Å². The average Bonchev–Trinajstić information content (AvgIpc) is 3.06. The van der Waals surface area contributed by atoms with Crippen LogP contribution in [0.5, 0.6) is 5.75 Å². The van der Waals surface area contributed by atoms with Crippen LogP contribution in [0.1, 0.15) is 69.7 Å². The van der Waals surface area contributed by atoms with Gasteiger partial charge in [-0.2, -0.15) is 0 Å². The number of likely N-dealkylation sites (tertiary alicyclic amines) is 1. The van der Waals surface area contributed by atoms with Crippen molar-refractivity contribution in [2.75, 3.05) is 45.2 Å². The van der Waals surface area contributed by atoms with Crippen LogP contribution < -0.4 is 10.1 Å². The van der Waals surface area contributed by atoms with Gasteiger partial charge in [-0.05, 0) is 88.8 Å². The van der Waals surface area contributed by atoms with Crippen molar-refractivity contribution in [2.45, 2.75) is 71.0 Å². The Kier molecular flexibility index (Phi) is 13.2. The quantitative estimate of drug-likeness (QED) is 0.144. The number of carbonyl (C=O) groups excluding carboxylic acids is 3. The number of para-hydroxylation sites is 1. The van der Waals surface area contributed by atoms with Crippen molar-refractivity contribution in [3.8, 4) is 16.9 Å². The van der Waals surface area contributed by atoms with E-state index in [0.29, 0.717) is 30.9 Å². The number of anilines is 1. The average molecular weight is 644 g/mol. The van der Waals surface area contributed by atoms with E-state index >= 15 is 0 Å². The second kappa shape index (κ2) is 17.5. The largest absolute Gasteiger partial charge is 0.494 e. The van der Waals surface area contributed by atoms with Gasteiger partial charge in [-0.25, -0.2) is 9.59 Å². The SMILES string of the molecule is CN(CCN1CCC(OC(=O)Nc2ccccc2-c2ccccc2)CC1)C(=O)CCCCCOc1ccc(C(=O)OC(C)(C)C)cc1. The fourth-order valence-corrected chi connectivity index (χ4v) is 5.38. The Hall–Kier alpha value is -4.37. The van der Waals surface area contributed by atoms with Crippen molar-refractivity contribution in [1.29, 1.82) is 0 Å². The minimum Gasteiger partial charge on any atom is -0.494 e. The molecule has 1 aliphatic rings. The van der Waals surface area contributed by atoms with Gasteiger partial charge >= 0.3 is 12.1 Å². The van der Waals surface area contributed by atoms with Gasteiger partial charge in [0, 0.05) is 45.2 Å². The minimum atomic E-state index is -0.532. The van der Waals surface area contributed by atoms with E-state index in [1.165, 1.54) is 0 Å². The molecule has 3 aromatic carbocycles. The standard InChI is InChI=1S/C38H49N3O6/c1-38(2,3)47-36(43)30-18-20-31(21-19-30)45-28-12-6-9-17-35(42)40(4)26-27-41-24-22-32(23-25-41)46-37(44)39-34-16-11-10-15-33(34)29-13-7-5-8-14-29/h5,7-8,10-11,13-16,18-21,32H,6,9,12,17,22-28H2,1-4H3,(H,39,44). The maximum atomic E-state index is 12.7. The lowest BCUT2D eigenvalue weighted by atomic mass is 10.0. The number of hydrogen-bond donors (Lipinski definition) is 1. The Labute approximate surface area is 279 Å². The Morgan fingerprint density at radius 1 is 0.872 bits per heavy atom. The molecular weight excluding hydrogens is 594 g/mol. The summed E-state index contributed by atoms with van der Waals surface area (Å²) in [5, 5.41) is 2.93. The Morgan fingerprint density at radius 3 is 2.26 bits per heavy atom. The van der Waals surface area contributed by atoms with Gasteiger partial charge in [-0.3, -0.25) is 10.1 Å². The number of hydrogen-bond acceptors (Lipinski definition) is 7. The highest BCUT2D eigenvalue weighted by atomic mass is 16.6. The first kappa shape index (κ1) is 35.5. The fraction of sp³-hybridized carbons (Fsp3) is 0.447. The van der Waals surface area contributed by atoms with Gasteiger partial charge in [0.2, 0.25) is 5.91 Å². The molecular formula is C38H49N3O6. The van der Waals surface area contributed by atoms with Crippen LogP contribution in [0.15, 0.2) is 78.9 Å². The van der Waals surface area contributed by atoms with Crippen LogP contribution in [0.25, 0.3) is 11.1 Å². The van der Waals surface area contributed by atoms with Gasteiger partial charge in [-0.15, -0.1) is 0 Å². The number of piperidine rings is 1. The summed E-state index contributed by atoms with van der Waals surface area (Å²) >= 11 is 0. The monoisotopic (exact) mass is 643 g/mol. The summed E-state index contributed by atoms with van der Waals surface area (Å²) in [5.74, 6) is 0.502. The van der Waals surface area contributed by atoms with E-state index in [2.05, 4.69) is 10.2 Å². The molecule has 0 saturated carbocycles. The van der Waals surface area contributed by atoms with E-state index in [1.54, 1.807) is 24.3 Å². The third-order valence-corrected chi connectivity index (χ3v) is 8.03. The van der Waals surface area contributed by atoms with Gasteiger partial charge in [0.15, 0.2) is 0 Å². The van der Waals surface area contributed by atoms with Crippen LogP contribution in [-0.2, 0) is 14.3 Å². The van der Waals surface area contributed by atoms with Crippen molar-refractivity contribution < 1.29 is 28.6 Å². The lowest BCUT2D eigenvalue weighted by molar-refractivity contribution is -0.130. The van der Waals surface area contributed by atoms with E-state index in [9.17, 15) is 14.4 Å². The number of esters is 1. The highest BCUT2D eigenvalue weighted by molar-refractivity contribution is 5.91. The Bertz CT molecular complexity index is 1430. The van der Waals surface area contributed by atoms with Crippen molar-refractivity contribution in [1.82, 2.24) is 9.80 Å². The van der Waals surface area contributed by atoms with Crippen molar-refractivity contribution in [3.05, 3.63) is 84.4 Å². The molecule has 1 fully saturated rings. The van der Waals surface area contributed by atoms with E-state index in [0.717, 1.165) is 68.6 Å². The first-order chi connectivity index (χ1) is 22.6. The Balaban J connectivity index is 1.05. The maximum absolute atomic E-state index is 12.7. The molecule has 252 valence electrons. The molecule has 0 unspecified atom stereocenters. The van der Waals surface area contributed by atoms with E-state index in [4.69, 9.17) is 14.2 Å². The maximum Gasteiger partial charge on any atom is 0.411 e. The number of amides is 2. The van der Waals surface area contributed by atoms with E-state index in [-0.39, 0.29) is 18.0 Å². The summed E-state index contributed by atoms with van der Waals surface area (Å²) < 4.78 is 16.9. The molecule has 2 amide bonds. The van der Waals surface area contributed by atoms with Gasteiger partial charge < -0.3 is 24.0 Å². The van der Waals surface area contributed by atoms with Crippen LogP contribution in [0.4, 0.5) is 10.5 Å². The fourth-order valence-electron chi connectivity index (χ4n) is 5.38. The lowest BCUT2D eigenvalue weighted by Gasteiger charge is -2.32. The zero-order chi connectivity index (χ0) is 33.6. The number of likely N-dealkylation sites (N-methyl/N-ethyl adjacent to an activating group) is 1. The molecule has 9 nitrogen and oxygen atoms in total. The number of nitrogens with one attached hydrogen (secondary N) is 1. The molecule has 1 aliphatic heterocycles. The molecule has 1 heterocycles. The molecule has 0 radical (unpaired) electrons. The zero-order valence-electron chi connectivity index (χ0n) is 28.2. The smallest absolute Gasteiger partial charge is 0.411 e. The molecule has 3 aromatic rings. The number of carbonyl (C=O) groups is 3. The van der Waals surface area contributed by atoms with Crippen molar-refractivity contribution in [3.63, 3.8) is 0 Å². The second-order valence-corrected chi connectivity index (χ2v) is 13.0. The normalized spacial score (nSPS) is 13.9. The predicted molar refractivity (Wildman–Crippen MR) is 185 cm³/mol. The number of benzene rings is 3. The third-order valence-electron chi connectivity index (χ3n) is 8.03. The molecule has 4 rings (SSSR count). The van der Waals surface area contributed by atoms with Crippen LogP contribution in [-0.4, -0.2) is 79.3 Å². The van der Waals surface area contributed by atoms with Crippen molar-refractivity contribution in [2.24, 2.45) is 0 Å². The number of ether oxygens (including phenoxy) is 3. The second-order valence-electron chi connectivity index (χ2n) is 13.0. The van der Waals surface area contributed by atoms with Gasteiger partial charge in [0.1, 0.15) is 17.5 Å². The molecule has 0 bridgehead atoms. The third kappa shape index (κ3) is 12.1. The first-order valence-corrected chi connectivity index (χ1v) is 16.6. The van der Waals surface area contributed by atoms with Gasteiger partial charge in [0.05, 0.1) is 17.9 Å². The summed E-state index contributed by atoms with van der Waals surface area (Å²) in [6, 6.07) is 24.7. The van der Waals surface area contributed by atoms with Crippen LogP contribution in [0.3, 0.4) is 0 Å². The van der Waals surface area contributed by atoms with Crippen molar-refractivity contribution >= 4 is 23.7 Å². The van der Waals surface area contributed by atoms with Gasteiger partial charge in [-0.1, -0.05) is 48.5 Å². The molecule has 47 heavy (non-hydrogen) atoms. The first-order valence-electron chi connectivity index (χ1n) is 16.6. The summed E-state index contributed by atoms with van der Waals surface area (Å²) in [6.45, 7) is 9.19. The van der Waals surface area contributed by atoms with Gasteiger partial charge in [0.25, 0.3) is 0 Å². The highest BCUT2D eigenvalue weighted by Crippen LogP contribution is 2.28. The van der Waals surface area contributed by atoms with Crippen LogP contribution >= 0.6 is 0 Å². The zero-order valence-corrected chi connectivity index (χ0v) is 28.2. The summed E-state index contributed by atoms with van der Waals surface area (Å²) in [4.78, 5) is 41.6. The highest BCUT2D eigenvalue weighted by Gasteiger charge is 2.23. The number of nitrogens with zero attached hydrogens (tertiary/aromatic N) is 2. The number of unbranched alkanes of at least 4 members (excludes halogenated alkanes) is 2. The predicted octanol–water partition coefficient (Wildman–Crippen LogP) is 7.42. The molecule has 1 N–H and O–H groups in total. The van der Waals surface area contributed by atoms with Crippen LogP contribution in [0, 0.1) is 0 Å². The minimum absolute atomic E-state index is 0.130. The lowest BCUT2D eigenvalue weighted by Crippen LogP contribution is -2.42. The molecule has 0 aliphatic carbocycles. The van der Waals surface area contributed by atoms with E-state index in [1.807, 2.05) is 87.3 Å². The number of rotatable bonds is 14. The molecule has 0 spiro atoms. The molecule has 9 heteroatoms. The Morgan fingerprint density at radius 2 is 1.55 bits per heavy atom. The summed E-state index contributed by atoms with van der Waals surface area (Å²) in [6.07, 6.45) is 4.04. The molecule has 0 atom stereocenters. The van der Waals surface area contributed by atoms with Crippen LogP contribution in [0.2, 0.25) is 0 Å². The molecule has 0 aromatic heterocycles. The molecule has 1 saturated heterocycles. The van der Waals surface area contributed by atoms with E-state index < -0.39 is 11.7 Å². The summed E-state index contributed by atoms with van der Waals surface area (Å²) in [5.41, 5.74) is 2.68.